The first-order valence-electron chi connectivity index (χ1n) is 10.2. The zero-order chi connectivity index (χ0) is 18.5. The van der Waals surface area contributed by atoms with Crippen LogP contribution >= 0.6 is 11.3 Å². The van der Waals surface area contributed by atoms with Gasteiger partial charge in [-0.1, -0.05) is 0 Å². The van der Waals surface area contributed by atoms with E-state index in [1.54, 1.807) is 11.3 Å². The molecular formula is C21H30N4OS. The number of nitrogens with one attached hydrogen (secondary N) is 1. The van der Waals surface area contributed by atoms with E-state index in [0.717, 1.165) is 68.6 Å². The van der Waals surface area contributed by atoms with Gasteiger partial charge in [0, 0.05) is 48.6 Å². The highest BCUT2D eigenvalue weighted by Gasteiger charge is 2.19. The standard InChI is InChI=1S/C21H30N4OS/c22-18-3-1-15(2-4-18)11-19-12-17(5-8-23-19)20-14-27-21(25-20)24-13-16-6-9-26-10-7-16/h5,8,12,14-16,18H,1-4,6-7,9-11,13,22H2,(H,24,25). The molecule has 146 valence electrons. The number of pyridine rings is 1. The SMILES string of the molecule is NC1CCC(Cc2cc(-c3csc(NCC4CCOCC4)n3)ccn2)CC1. The first kappa shape index (κ1) is 18.8. The molecule has 2 fully saturated rings. The quantitative estimate of drug-likeness (QED) is 0.782. The van der Waals surface area contributed by atoms with Crippen LogP contribution in [-0.2, 0) is 11.2 Å². The molecule has 1 saturated carbocycles. The monoisotopic (exact) mass is 386 g/mol. The highest BCUT2D eigenvalue weighted by atomic mass is 32.1. The number of aromatic nitrogens is 2. The van der Waals surface area contributed by atoms with E-state index >= 15 is 0 Å². The van der Waals surface area contributed by atoms with Crippen molar-refractivity contribution in [1.82, 2.24) is 9.97 Å². The van der Waals surface area contributed by atoms with Gasteiger partial charge in [-0.05, 0) is 68.9 Å². The molecule has 0 aromatic carbocycles. The molecule has 2 aromatic rings. The van der Waals surface area contributed by atoms with E-state index < -0.39 is 0 Å². The second-order valence-corrected chi connectivity index (χ2v) is 8.85. The van der Waals surface area contributed by atoms with E-state index in [1.165, 1.54) is 24.1 Å². The van der Waals surface area contributed by atoms with Crippen molar-refractivity contribution in [3.63, 3.8) is 0 Å². The maximum absolute atomic E-state index is 6.03. The summed E-state index contributed by atoms with van der Waals surface area (Å²) in [5, 5.41) is 6.67. The van der Waals surface area contributed by atoms with Crippen molar-refractivity contribution in [2.24, 2.45) is 17.6 Å². The Kier molecular flexibility index (Phi) is 6.37. The lowest BCUT2D eigenvalue weighted by Gasteiger charge is -2.25. The molecule has 6 heteroatoms. The first-order valence-corrected chi connectivity index (χ1v) is 11.1. The smallest absolute Gasteiger partial charge is 0.183 e. The van der Waals surface area contributed by atoms with Crippen molar-refractivity contribution in [3.05, 3.63) is 29.4 Å². The van der Waals surface area contributed by atoms with Crippen LogP contribution < -0.4 is 11.1 Å². The first-order chi connectivity index (χ1) is 13.3. The second-order valence-electron chi connectivity index (χ2n) is 8.00. The zero-order valence-corrected chi connectivity index (χ0v) is 16.7. The van der Waals surface area contributed by atoms with Crippen LogP contribution in [0.25, 0.3) is 11.3 Å². The lowest BCUT2D eigenvalue weighted by Crippen LogP contribution is -2.27. The largest absolute Gasteiger partial charge is 0.381 e. The molecule has 0 atom stereocenters. The average Bonchev–Trinajstić information content (AvgIpc) is 3.18. The summed E-state index contributed by atoms with van der Waals surface area (Å²) >= 11 is 1.69. The molecule has 1 saturated heterocycles. The molecule has 0 amide bonds. The Balaban J connectivity index is 1.35. The lowest BCUT2D eigenvalue weighted by molar-refractivity contribution is 0.0699. The van der Waals surface area contributed by atoms with Gasteiger partial charge in [0.25, 0.3) is 0 Å². The van der Waals surface area contributed by atoms with Gasteiger partial charge in [-0.3, -0.25) is 4.98 Å². The molecule has 0 unspecified atom stereocenters. The van der Waals surface area contributed by atoms with Crippen LogP contribution in [0.15, 0.2) is 23.7 Å². The third-order valence-electron chi connectivity index (χ3n) is 5.89. The number of hydrogen-bond acceptors (Lipinski definition) is 6. The fourth-order valence-corrected chi connectivity index (χ4v) is 4.84. The minimum atomic E-state index is 0.405. The Hall–Kier alpha value is -1.50. The Morgan fingerprint density at radius 1 is 1.11 bits per heavy atom. The third-order valence-corrected chi connectivity index (χ3v) is 6.69. The summed E-state index contributed by atoms with van der Waals surface area (Å²) in [6, 6.07) is 4.69. The molecule has 0 spiro atoms. The number of nitrogens with zero attached hydrogens (tertiary/aromatic N) is 2. The van der Waals surface area contributed by atoms with Crippen molar-refractivity contribution in [2.75, 3.05) is 25.1 Å². The number of rotatable bonds is 6. The van der Waals surface area contributed by atoms with Crippen LogP contribution in [0.3, 0.4) is 0 Å². The van der Waals surface area contributed by atoms with Gasteiger partial charge in [-0.15, -0.1) is 11.3 Å². The maximum atomic E-state index is 6.03. The molecular weight excluding hydrogens is 356 g/mol. The van der Waals surface area contributed by atoms with Gasteiger partial charge in [-0.25, -0.2) is 4.98 Å². The third kappa shape index (κ3) is 5.27. The fraction of sp³-hybridized carbons (Fsp3) is 0.619. The summed E-state index contributed by atoms with van der Waals surface area (Å²) in [5.41, 5.74) is 9.42. The molecule has 1 aliphatic heterocycles. The molecule has 0 radical (unpaired) electrons. The van der Waals surface area contributed by atoms with Gasteiger partial charge in [0.2, 0.25) is 0 Å². The van der Waals surface area contributed by atoms with Crippen LogP contribution in [0.4, 0.5) is 5.13 Å². The Labute approximate surface area is 165 Å². The highest BCUT2D eigenvalue weighted by Crippen LogP contribution is 2.29. The van der Waals surface area contributed by atoms with Crippen LogP contribution in [0.1, 0.15) is 44.2 Å². The second kappa shape index (κ2) is 9.13. The van der Waals surface area contributed by atoms with Gasteiger partial charge in [0.1, 0.15) is 0 Å². The lowest BCUT2D eigenvalue weighted by atomic mass is 9.83. The van der Waals surface area contributed by atoms with Crippen LogP contribution in [-0.4, -0.2) is 35.8 Å². The van der Waals surface area contributed by atoms with Gasteiger partial charge in [0.05, 0.1) is 5.69 Å². The van der Waals surface area contributed by atoms with Gasteiger partial charge in [-0.2, -0.15) is 0 Å². The Morgan fingerprint density at radius 3 is 2.74 bits per heavy atom. The molecule has 1 aliphatic carbocycles. The van der Waals surface area contributed by atoms with Crippen LogP contribution in [0, 0.1) is 11.8 Å². The number of hydrogen-bond donors (Lipinski definition) is 2. The minimum Gasteiger partial charge on any atom is -0.381 e. The molecule has 0 bridgehead atoms. The highest BCUT2D eigenvalue weighted by molar-refractivity contribution is 7.14. The number of thiazole rings is 1. The van der Waals surface area contributed by atoms with E-state index in [1.807, 2.05) is 6.20 Å². The van der Waals surface area contributed by atoms with Crippen molar-refractivity contribution in [3.8, 4) is 11.3 Å². The predicted octanol–water partition coefficient (Wildman–Crippen LogP) is 4.10. The minimum absolute atomic E-state index is 0.405. The van der Waals surface area contributed by atoms with Crippen molar-refractivity contribution in [2.45, 2.75) is 51.0 Å². The summed E-state index contributed by atoms with van der Waals surface area (Å²) < 4.78 is 5.43. The van der Waals surface area contributed by atoms with Crippen molar-refractivity contribution in [1.29, 1.82) is 0 Å². The molecule has 3 heterocycles. The zero-order valence-electron chi connectivity index (χ0n) is 15.9. The molecule has 4 rings (SSSR count). The van der Waals surface area contributed by atoms with Gasteiger partial charge < -0.3 is 15.8 Å². The normalized spacial score (nSPS) is 24.0. The summed E-state index contributed by atoms with van der Waals surface area (Å²) in [5.74, 6) is 1.42. The predicted molar refractivity (Wildman–Crippen MR) is 111 cm³/mol. The van der Waals surface area contributed by atoms with Gasteiger partial charge >= 0.3 is 0 Å². The summed E-state index contributed by atoms with van der Waals surface area (Å²) in [7, 11) is 0. The van der Waals surface area contributed by atoms with E-state index in [-0.39, 0.29) is 0 Å². The van der Waals surface area contributed by atoms with Crippen LogP contribution in [0.2, 0.25) is 0 Å². The number of anilines is 1. The van der Waals surface area contributed by atoms with Crippen LogP contribution in [0.5, 0.6) is 0 Å². The average molecular weight is 387 g/mol. The summed E-state index contributed by atoms with van der Waals surface area (Å²) in [6.45, 7) is 2.77. The van der Waals surface area contributed by atoms with Gasteiger partial charge in [0.15, 0.2) is 5.13 Å². The van der Waals surface area contributed by atoms with E-state index in [4.69, 9.17) is 15.5 Å². The van der Waals surface area contributed by atoms with E-state index in [2.05, 4.69) is 27.8 Å². The molecule has 27 heavy (non-hydrogen) atoms. The topological polar surface area (TPSA) is 73.1 Å². The number of ether oxygens (including phenoxy) is 1. The molecule has 5 nitrogen and oxygen atoms in total. The molecule has 2 aliphatic rings. The fourth-order valence-electron chi connectivity index (χ4n) is 4.11. The van der Waals surface area contributed by atoms with Crippen molar-refractivity contribution < 1.29 is 4.74 Å². The summed E-state index contributed by atoms with van der Waals surface area (Å²) in [4.78, 5) is 9.39. The molecule has 2 aromatic heterocycles. The summed E-state index contributed by atoms with van der Waals surface area (Å²) in [6.07, 6.45) is 10.0. The molecule has 3 N–H and O–H groups in total. The van der Waals surface area contributed by atoms with E-state index in [9.17, 15) is 0 Å². The van der Waals surface area contributed by atoms with E-state index in [0.29, 0.717) is 12.0 Å². The van der Waals surface area contributed by atoms with Crippen molar-refractivity contribution >= 4 is 16.5 Å². The number of nitrogens with two attached hydrogens (primary N) is 1. The Bertz CT molecular complexity index is 720. The maximum Gasteiger partial charge on any atom is 0.183 e. The Morgan fingerprint density at radius 2 is 1.93 bits per heavy atom.